The number of ether oxygens (including phenoxy) is 1. The zero-order valence-electron chi connectivity index (χ0n) is 17.9. The van der Waals surface area contributed by atoms with Crippen LogP contribution in [0.3, 0.4) is 0 Å². The number of carbonyl (C=O) groups excluding carboxylic acids is 1. The first-order valence-electron chi connectivity index (χ1n) is 10.0. The number of aromatic nitrogens is 4. The molecule has 0 saturated carbocycles. The highest BCUT2D eigenvalue weighted by molar-refractivity contribution is 5.85. The highest BCUT2D eigenvalue weighted by atomic mass is 16.6. The average Bonchev–Trinajstić information content (AvgIpc) is 3.21. The molecule has 0 unspecified atom stereocenters. The molecule has 0 fully saturated rings. The van der Waals surface area contributed by atoms with Crippen LogP contribution in [0.4, 0.5) is 5.69 Å². The average molecular weight is 440 g/mol. The molecule has 1 heterocycles. The summed E-state index contributed by atoms with van der Waals surface area (Å²) < 4.78 is 5.78. The van der Waals surface area contributed by atoms with Crippen molar-refractivity contribution in [3.05, 3.63) is 81.7 Å². The largest absolute Gasteiger partial charge is 0.374 e. The van der Waals surface area contributed by atoms with Gasteiger partial charge in [-0.1, -0.05) is 47.3 Å². The predicted octanol–water partition coefficient (Wildman–Crippen LogP) is 1.16. The van der Waals surface area contributed by atoms with E-state index in [1.165, 1.54) is 10.9 Å². The molecule has 0 aliphatic heterocycles. The van der Waals surface area contributed by atoms with Gasteiger partial charge in [-0.25, -0.2) is 0 Å². The fourth-order valence-corrected chi connectivity index (χ4v) is 2.87. The van der Waals surface area contributed by atoms with E-state index < -0.39 is 16.5 Å². The van der Waals surface area contributed by atoms with Crippen molar-refractivity contribution in [1.82, 2.24) is 20.7 Å². The topological polar surface area (TPSA) is 153 Å². The fourth-order valence-electron chi connectivity index (χ4n) is 2.87. The zero-order chi connectivity index (χ0) is 23.1. The van der Waals surface area contributed by atoms with Crippen molar-refractivity contribution in [2.45, 2.75) is 38.6 Å². The maximum atomic E-state index is 12.5. The van der Waals surface area contributed by atoms with Gasteiger partial charge >= 0.3 is 5.82 Å². The Balaban J connectivity index is 1.75. The third-order valence-corrected chi connectivity index (χ3v) is 4.61. The number of tetrazole rings is 1. The Morgan fingerprint density at radius 3 is 2.62 bits per heavy atom. The van der Waals surface area contributed by atoms with Crippen molar-refractivity contribution in [3.8, 4) is 0 Å². The van der Waals surface area contributed by atoms with Gasteiger partial charge in [-0.3, -0.25) is 14.9 Å². The van der Waals surface area contributed by atoms with E-state index in [2.05, 4.69) is 20.7 Å². The van der Waals surface area contributed by atoms with Gasteiger partial charge in [0.05, 0.1) is 34.3 Å². The van der Waals surface area contributed by atoms with Crippen LogP contribution in [-0.4, -0.2) is 38.4 Å². The summed E-state index contributed by atoms with van der Waals surface area (Å²) in [6, 6.07) is 15.3. The highest BCUT2D eigenvalue weighted by Crippen LogP contribution is 2.17. The minimum Gasteiger partial charge on any atom is -0.374 e. The minimum atomic E-state index is -1.10. The molecule has 0 bridgehead atoms. The molecule has 1 amide bonds. The third-order valence-electron chi connectivity index (χ3n) is 4.61. The minimum absolute atomic E-state index is 0.0149. The Labute approximate surface area is 184 Å². The molecule has 2 aromatic carbocycles. The lowest BCUT2D eigenvalue weighted by Gasteiger charge is -2.21. The van der Waals surface area contributed by atoms with Crippen LogP contribution in [0.25, 0.3) is 0 Å². The van der Waals surface area contributed by atoms with E-state index in [0.717, 1.165) is 5.56 Å². The molecule has 1 aromatic heterocycles. The van der Waals surface area contributed by atoms with Crippen LogP contribution in [-0.2, 0) is 22.7 Å². The van der Waals surface area contributed by atoms with Crippen molar-refractivity contribution in [2.75, 3.05) is 6.61 Å². The number of H-pyrrole nitrogens is 1. The monoisotopic (exact) mass is 440 g/mol. The van der Waals surface area contributed by atoms with Crippen LogP contribution in [0.5, 0.6) is 0 Å². The lowest BCUT2D eigenvalue weighted by atomic mass is 10.1. The summed E-state index contributed by atoms with van der Waals surface area (Å²) >= 11 is 0. The van der Waals surface area contributed by atoms with Crippen LogP contribution in [0.1, 0.15) is 36.8 Å². The van der Waals surface area contributed by atoms with Gasteiger partial charge in [0.15, 0.2) is 6.54 Å². The first kappa shape index (κ1) is 23.0. The molecule has 0 saturated heterocycles. The summed E-state index contributed by atoms with van der Waals surface area (Å²) in [6.07, 6.45) is 0. The second kappa shape index (κ2) is 10.1. The Hall–Kier alpha value is -3.70. The van der Waals surface area contributed by atoms with E-state index in [0.29, 0.717) is 12.2 Å². The molecule has 0 radical (unpaired) electrons. The van der Waals surface area contributed by atoms with Gasteiger partial charge in [0.2, 0.25) is 5.91 Å². The molecule has 11 heteroatoms. The second-order valence-electron chi connectivity index (χ2n) is 7.86. The normalized spacial score (nSPS) is 12.3. The number of nitrogens with one attached hydrogen (secondary N) is 2. The standard InChI is InChI=1S/C21H25N7O4/c1-21(2,22)20(29)23-17(14-32-13-15-8-4-3-5-9-15)19-24-26-27(25-19)12-16-10-6-7-11-18(16)28(30)31/h3-11,17H,12-14,22H2,1-2H3,(H,23,29)/p+1/t17-/m1/s1. The third kappa shape index (κ3) is 6.15. The smallest absolute Gasteiger partial charge is 0.332 e. The SMILES string of the molecule is CC(C)(N)C(=O)N[C@H](COCc1ccccc1)c1n[nH][n+](Cc2ccccc2[N+](=O)[O-])n1. The fraction of sp³-hybridized carbons (Fsp3) is 0.333. The van der Waals surface area contributed by atoms with Crippen molar-refractivity contribution in [2.24, 2.45) is 5.73 Å². The molecular formula is C21H26N7O4+. The van der Waals surface area contributed by atoms with Gasteiger partial charge in [-0.05, 0) is 35.8 Å². The van der Waals surface area contributed by atoms with Crippen LogP contribution in [0.2, 0.25) is 0 Å². The van der Waals surface area contributed by atoms with Gasteiger partial charge in [-0.2, -0.15) is 0 Å². The van der Waals surface area contributed by atoms with Crippen molar-refractivity contribution >= 4 is 11.6 Å². The summed E-state index contributed by atoms with van der Waals surface area (Å²) in [5.74, 6) is -0.116. The number of hydrogen-bond acceptors (Lipinski definition) is 7. The van der Waals surface area contributed by atoms with Crippen LogP contribution >= 0.6 is 0 Å². The number of hydrogen-bond donors (Lipinski definition) is 3. The van der Waals surface area contributed by atoms with E-state index in [9.17, 15) is 14.9 Å². The number of amides is 1. The molecule has 4 N–H and O–H groups in total. The molecule has 3 aromatic rings. The van der Waals surface area contributed by atoms with E-state index in [1.807, 2.05) is 30.3 Å². The Bertz CT molecular complexity index is 1060. The predicted molar refractivity (Wildman–Crippen MR) is 114 cm³/mol. The van der Waals surface area contributed by atoms with Gasteiger partial charge < -0.3 is 15.8 Å². The number of nitrogens with zero attached hydrogens (tertiary/aromatic N) is 4. The van der Waals surface area contributed by atoms with E-state index in [-0.39, 0.29) is 30.6 Å². The van der Waals surface area contributed by atoms with Crippen molar-refractivity contribution in [3.63, 3.8) is 0 Å². The number of rotatable bonds is 10. The van der Waals surface area contributed by atoms with E-state index in [1.54, 1.807) is 32.0 Å². The summed E-state index contributed by atoms with van der Waals surface area (Å²) in [7, 11) is 0. The molecule has 168 valence electrons. The van der Waals surface area contributed by atoms with Crippen LogP contribution < -0.4 is 15.8 Å². The lowest BCUT2D eigenvalue weighted by molar-refractivity contribution is -0.798. The van der Waals surface area contributed by atoms with Crippen LogP contribution in [0.15, 0.2) is 54.6 Å². The Morgan fingerprint density at radius 2 is 1.94 bits per heavy atom. The first-order valence-corrected chi connectivity index (χ1v) is 10.0. The maximum absolute atomic E-state index is 12.5. The molecule has 0 spiro atoms. The molecule has 11 nitrogen and oxygen atoms in total. The molecule has 0 aliphatic carbocycles. The number of aromatic amines is 1. The summed E-state index contributed by atoms with van der Waals surface area (Å²) in [6.45, 7) is 3.76. The van der Waals surface area contributed by atoms with Crippen molar-refractivity contribution < 1.29 is 19.3 Å². The summed E-state index contributed by atoms with van der Waals surface area (Å²) in [5, 5.41) is 25.3. The first-order chi connectivity index (χ1) is 15.2. The van der Waals surface area contributed by atoms with Gasteiger partial charge in [0.1, 0.15) is 6.04 Å². The Morgan fingerprint density at radius 1 is 1.25 bits per heavy atom. The lowest BCUT2D eigenvalue weighted by Crippen LogP contribution is -2.51. The van der Waals surface area contributed by atoms with E-state index >= 15 is 0 Å². The van der Waals surface area contributed by atoms with Gasteiger partial charge in [0.25, 0.3) is 5.69 Å². The highest BCUT2D eigenvalue weighted by Gasteiger charge is 2.31. The number of nitro groups is 1. The molecule has 1 atom stereocenters. The quantitative estimate of drug-likeness (QED) is 0.243. The summed E-state index contributed by atoms with van der Waals surface area (Å²) in [4.78, 5) is 24.6. The number of nitrogens with two attached hydrogens (primary N) is 1. The number of benzene rings is 2. The molecular weight excluding hydrogens is 414 g/mol. The molecule has 3 rings (SSSR count). The summed E-state index contributed by atoms with van der Waals surface area (Å²) in [5.41, 5.74) is 6.24. The van der Waals surface area contributed by atoms with E-state index in [4.69, 9.17) is 10.5 Å². The number of para-hydroxylation sites is 1. The number of carbonyl (C=O) groups is 1. The van der Waals surface area contributed by atoms with Gasteiger partial charge in [-0.15, -0.1) is 0 Å². The van der Waals surface area contributed by atoms with Crippen molar-refractivity contribution in [1.29, 1.82) is 0 Å². The maximum Gasteiger partial charge on any atom is 0.332 e. The van der Waals surface area contributed by atoms with Gasteiger partial charge in [0, 0.05) is 6.07 Å². The van der Waals surface area contributed by atoms with Crippen LogP contribution in [0, 0.1) is 10.1 Å². The molecule has 32 heavy (non-hydrogen) atoms. The molecule has 0 aliphatic rings. The zero-order valence-corrected chi connectivity index (χ0v) is 17.9. The Kier molecular flexibility index (Phi) is 7.23. The number of nitro benzene ring substituents is 1. The second-order valence-corrected chi connectivity index (χ2v) is 7.86.